The van der Waals surface area contributed by atoms with Crippen molar-refractivity contribution in [2.24, 2.45) is 0 Å². The van der Waals surface area contributed by atoms with Crippen LogP contribution in [0.25, 0.3) is 0 Å². The van der Waals surface area contributed by atoms with Crippen molar-refractivity contribution in [3.8, 4) is 11.5 Å². The molecule has 0 amide bonds. The summed E-state index contributed by atoms with van der Waals surface area (Å²) < 4.78 is 25.1. The SMILES string of the molecule is CC(=O)c1ccc(N2CCN(Cc3cc(Cl)c4c(c3)OCO4)CC2)c(F)c1. The third-order valence-electron chi connectivity index (χ3n) is 4.96. The molecule has 4 rings (SSSR count). The van der Waals surface area contributed by atoms with E-state index in [-0.39, 0.29) is 18.4 Å². The average Bonchev–Trinajstić information content (AvgIpc) is 3.11. The summed E-state index contributed by atoms with van der Waals surface area (Å²) in [5, 5.41) is 0.561. The Labute approximate surface area is 162 Å². The number of fused-ring (bicyclic) bond motifs is 1. The first-order chi connectivity index (χ1) is 13.0. The van der Waals surface area contributed by atoms with E-state index in [1.54, 1.807) is 12.1 Å². The van der Waals surface area contributed by atoms with Gasteiger partial charge < -0.3 is 14.4 Å². The van der Waals surface area contributed by atoms with Gasteiger partial charge in [-0.25, -0.2) is 4.39 Å². The minimum absolute atomic E-state index is 0.132. The smallest absolute Gasteiger partial charge is 0.231 e. The van der Waals surface area contributed by atoms with Crippen molar-refractivity contribution in [2.75, 3.05) is 37.9 Å². The first-order valence-electron chi connectivity index (χ1n) is 8.87. The Hall–Kier alpha value is -2.31. The Morgan fingerprint density at radius 1 is 1.15 bits per heavy atom. The lowest BCUT2D eigenvalue weighted by Crippen LogP contribution is -2.46. The summed E-state index contributed by atoms with van der Waals surface area (Å²) in [6.07, 6.45) is 0. The zero-order chi connectivity index (χ0) is 19.0. The van der Waals surface area contributed by atoms with Gasteiger partial charge in [0.2, 0.25) is 6.79 Å². The number of ketones is 1. The molecule has 27 heavy (non-hydrogen) atoms. The van der Waals surface area contributed by atoms with Crippen LogP contribution in [0.15, 0.2) is 30.3 Å². The monoisotopic (exact) mass is 390 g/mol. The fraction of sp³-hybridized carbons (Fsp3) is 0.350. The zero-order valence-electron chi connectivity index (χ0n) is 15.0. The van der Waals surface area contributed by atoms with Gasteiger partial charge in [-0.05, 0) is 42.8 Å². The second kappa shape index (κ2) is 7.37. The first-order valence-corrected chi connectivity index (χ1v) is 9.25. The molecule has 0 saturated carbocycles. The van der Waals surface area contributed by atoms with Gasteiger partial charge in [-0.3, -0.25) is 9.69 Å². The number of ether oxygens (including phenoxy) is 2. The zero-order valence-corrected chi connectivity index (χ0v) is 15.8. The van der Waals surface area contributed by atoms with Gasteiger partial charge in [0, 0.05) is 38.3 Å². The summed E-state index contributed by atoms with van der Waals surface area (Å²) in [6.45, 7) is 5.43. The minimum Gasteiger partial charge on any atom is -0.454 e. The summed E-state index contributed by atoms with van der Waals surface area (Å²) in [5.74, 6) is 0.810. The van der Waals surface area contributed by atoms with Gasteiger partial charge in [0.25, 0.3) is 0 Å². The van der Waals surface area contributed by atoms with Crippen molar-refractivity contribution in [3.63, 3.8) is 0 Å². The van der Waals surface area contributed by atoms with Crippen molar-refractivity contribution in [1.29, 1.82) is 0 Å². The van der Waals surface area contributed by atoms with Gasteiger partial charge in [0.15, 0.2) is 17.3 Å². The highest BCUT2D eigenvalue weighted by atomic mass is 35.5. The van der Waals surface area contributed by atoms with Gasteiger partial charge in [-0.15, -0.1) is 0 Å². The van der Waals surface area contributed by atoms with E-state index >= 15 is 0 Å². The number of benzene rings is 2. The predicted octanol–water partition coefficient (Wildman–Crippen LogP) is 3.73. The Morgan fingerprint density at radius 3 is 2.63 bits per heavy atom. The van der Waals surface area contributed by atoms with E-state index < -0.39 is 0 Å². The van der Waals surface area contributed by atoms with Crippen LogP contribution in [-0.4, -0.2) is 43.7 Å². The topological polar surface area (TPSA) is 42.0 Å². The second-order valence-corrected chi connectivity index (χ2v) is 7.20. The van der Waals surface area contributed by atoms with Crippen LogP contribution in [0.1, 0.15) is 22.8 Å². The van der Waals surface area contributed by atoms with Crippen molar-refractivity contribution in [1.82, 2.24) is 4.90 Å². The number of halogens is 2. The first kappa shape index (κ1) is 18.1. The highest BCUT2D eigenvalue weighted by Gasteiger charge is 2.22. The van der Waals surface area contributed by atoms with Crippen LogP contribution in [0.2, 0.25) is 5.02 Å². The lowest BCUT2D eigenvalue weighted by Gasteiger charge is -2.36. The van der Waals surface area contributed by atoms with Crippen LogP contribution in [0.5, 0.6) is 11.5 Å². The molecule has 0 N–H and O–H groups in total. The number of piperazine rings is 1. The molecule has 142 valence electrons. The Morgan fingerprint density at radius 2 is 1.93 bits per heavy atom. The van der Waals surface area contributed by atoms with E-state index in [0.717, 1.165) is 25.2 Å². The van der Waals surface area contributed by atoms with Crippen LogP contribution in [0.4, 0.5) is 10.1 Å². The van der Waals surface area contributed by atoms with Gasteiger partial charge in [0.05, 0.1) is 10.7 Å². The third kappa shape index (κ3) is 3.73. The van der Waals surface area contributed by atoms with E-state index in [2.05, 4.69) is 4.90 Å². The van der Waals surface area contributed by atoms with Gasteiger partial charge in [-0.2, -0.15) is 0 Å². The summed E-state index contributed by atoms with van der Waals surface area (Å²) in [6, 6.07) is 8.56. The lowest BCUT2D eigenvalue weighted by atomic mass is 10.1. The van der Waals surface area contributed by atoms with Crippen LogP contribution < -0.4 is 14.4 Å². The fourth-order valence-electron chi connectivity index (χ4n) is 3.50. The number of nitrogens with zero attached hydrogens (tertiary/aromatic N) is 2. The third-order valence-corrected chi connectivity index (χ3v) is 5.24. The number of carbonyl (C=O) groups excluding carboxylic acids is 1. The Kier molecular flexibility index (Phi) is 4.93. The summed E-state index contributed by atoms with van der Waals surface area (Å²) in [5.41, 5.74) is 2.01. The molecule has 2 aromatic carbocycles. The average molecular weight is 391 g/mol. The predicted molar refractivity (Wildman–Crippen MR) is 101 cm³/mol. The molecule has 5 nitrogen and oxygen atoms in total. The molecule has 0 aromatic heterocycles. The van der Waals surface area contributed by atoms with Gasteiger partial charge in [0.1, 0.15) is 5.82 Å². The maximum absolute atomic E-state index is 14.4. The molecule has 1 saturated heterocycles. The summed E-state index contributed by atoms with van der Waals surface area (Å²) in [7, 11) is 0. The molecule has 2 aliphatic heterocycles. The Balaban J connectivity index is 1.40. The van der Waals surface area contributed by atoms with Gasteiger partial charge >= 0.3 is 0 Å². The molecule has 0 radical (unpaired) electrons. The molecule has 0 bridgehead atoms. The fourth-order valence-corrected chi connectivity index (χ4v) is 3.79. The number of hydrogen-bond acceptors (Lipinski definition) is 5. The largest absolute Gasteiger partial charge is 0.454 e. The van der Waals surface area contributed by atoms with E-state index in [1.807, 2.05) is 17.0 Å². The number of Topliss-reactive ketones (excluding diaryl/α,β-unsaturated/α-hetero) is 1. The van der Waals surface area contributed by atoms with Crippen LogP contribution >= 0.6 is 11.6 Å². The molecule has 0 atom stereocenters. The maximum atomic E-state index is 14.4. The minimum atomic E-state index is -0.348. The molecule has 0 aliphatic carbocycles. The molecule has 7 heteroatoms. The van der Waals surface area contributed by atoms with Crippen molar-refractivity contribution >= 4 is 23.1 Å². The summed E-state index contributed by atoms with van der Waals surface area (Å²) in [4.78, 5) is 15.7. The normalized spacial score (nSPS) is 16.6. The van der Waals surface area contributed by atoms with Crippen molar-refractivity contribution < 1.29 is 18.7 Å². The van der Waals surface area contributed by atoms with Crippen LogP contribution in [-0.2, 0) is 6.54 Å². The Bertz CT molecular complexity index is 882. The van der Waals surface area contributed by atoms with E-state index in [1.165, 1.54) is 13.0 Å². The molecule has 1 fully saturated rings. The van der Waals surface area contributed by atoms with E-state index in [0.29, 0.717) is 40.9 Å². The number of hydrogen-bond donors (Lipinski definition) is 0. The quantitative estimate of drug-likeness (QED) is 0.744. The highest BCUT2D eigenvalue weighted by molar-refractivity contribution is 6.32. The van der Waals surface area contributed by atoms with Crippen molar-refractivity contribution in [3.05, 3.63) is 52.3 Å². The molecular formula is C20H20ClFN2O3. The number of carbonyl (C=O) groups is 1. The van der Waals surface area contributed by atoms with E-state index in [4.69, 9.17) is 21.1 Å². The standard InChI is InChI=1S/C20H20ClFN2O3/c1-13(25)15-2-3-18(17(22)10-15)24-6-4-23(5-7-24)11-14-8-16(21)20-19(9-14)26-12-27-20/h2-3,8-10H,4-7,11-12H2,1H3. The van der Waals surface area contributed by atoms with E-state index in [9.17, 15) is 9.18 Å². The van der Waals surface area contributed by atoms with Crippen LogP contribution in [0.3, 0.4) is 0 Å². The number of anilines is 1. The molecule has 2 heterocycles. The lowest BCUT2D eigenvalue weighted by molar-refractivity contribution is 0.101. The van der Waals surface area contributed by atoms with Crippen LogP contribution in [0, 0.1) is 5.82 Å². The second-order valence-electron chi connectivity index (χ2n) is 6.80. The molecule has 2 aliphatic rings. The molecule has 0 spiro atoms. The molecule has 0 unspecified atom stereocenters. The highest BCUT2D eigenvalue weighted by Crippen LogP contribution is 2.40. The maximum Gasteiger partial charge on any atom is 0.231 e. The number of rotatable bonds is 4. The molecule has 2 aromatic rings. The van der Waals surface area contributed by atoms with Gasteiger partial charge in [-0.1, -0.05) is 11.6 Å². The summed E-state index contributed by atoms with van der Waals surface area (Å²) >= 11 is 6.25. The molecular weight excluding hydrogens is 371 g/mol. The van der Waals surface area contributed by atoms with Crippen molar-refractivity contribution in [2.45, 2.75) is 13.5 Å².